The molecule has 1 aromatic rings. The predicted octanol–water partition coefficient (Wildman–Crippen LogP) is 3.58. The van der Waals surface area contributed by atoms with Gasteiger partial charge in [0.05, 0.1) is 6.20 Å². The Balaban J connectivity index is 0.00000484. The quantitative estimate of drug-likeness (QED) is 0.270. The fraction of sp³-hybridized carbons (Fsp3) is 0.765. The smallest absolute Gasteiger partial charge is 0.191 e. The molecule has 1 unspecified atom stereocenters. The van der Waals surface area contributed by atoms with Crippen molar-refractivity contribution < 1.29 is 0 Å². The molecule has 0 spiro atoms. The van der Waals surface area contributed by atoms with Crippen LogP contribution >= 0.6 is 24.0 Å². The number of aliphatic imine (C=N–C) groups is 1. The second-order valence-electron chi connectivity index (χ2n) is 6.50. The van der Waals surface area contributed by atoms with Crippen LogP contribution in [0.15, 0.2) is 17.4 Å². The first-order valence-electron chi connectivity index (χ1n) is 8.47. The van der Waals surface area contributed by atoms with Gasteiger partial charge in [-0.1, -0.05) is 26.7 Å². The molecule has 0 saturated heterocycles. The van der Waals surface area contributed by atoms with E-state index in [1.807, 2.05) is 17.9 Å². The molecule has 0 amide bonds. The van der Waals surface area contributed by atoms with Gasteiger partial charge in [0.15, 0.2) is 5.96 Å². The van der Waals surface area contributed by atoms with Crippen molar-refractivity contribution in [3.05, 3.63) is 18.0 Å². The zero-order valence-electron chi connectivity index (χ0n) is 15.3. The van der Waals surface area contributed by atoms with E-state index in [-0.39, 0.29) is 24.0 Å². The summed E-state index contributed by atoms with van der Waals surface area (Å²) in [5.74, 6) is 1.68. The van der Waals surface area contributed by atoms with E-state index in [1.54, 1.807) is 0 Å². The van der Waals surface area contributed by atoms with Crippen molar-refractivity contribution >= 4 is 29.9 Å². The molecule has 134 valence electrons. The standard InChI is InChI=1S/C17H33N5.HI/c1-14(2)8-6-9-16(4)21-17(18-5)19-10-7-11-22-13-15(3)12-20-22;/h12-14,16H,6-11H2,1-5H3,(H2,18,19,21);1H. The van der Waals surface area contributed by atoms with Crippen LogP contribution in [-0.2, 0) is 6.54 Å². The van der Waals surface area contributed by atoms with Crippen LogP contribution in [-0.4, -0.2) is 35.4 Å². The Kier molecular flexibility index (Phi) is 12.2. The van der Waals surface area contributed by atoms with Crippen LogP contribution in [0, 0.1) is 12.8 Å². The summed E-state index contributed by atoms with van der Waals surface area (Å²) in [6.45, 7) is 10.7. The maximum atomic E-state index is 4.29. The molecular weight excluding hydrogens is 401 g/mol. The summed E-state index contributed by atoms with van der Waals surface area (Å²) in [5.41, 5.74) is 1.21. The van der Waals surface area contributed by atoms with E-state index >= 15 is 0 Å². The summed E-state index contributed by atoms with van der Waals surface area (Å²) in [7, 11) is 1.83. The lowest BCUT2D eigenvalue weighted by molar-refractivity contribution is 0.490. The van der Waals surface area contributed by atoms with E-state index in [0.717, 1.165) is 31.4 Å². The molecule has 0 aliphatic rings. The van der Waals surface area contributed by atoms with E-state index in [4.69, 9.17) is 0 Å². The highest BCUT2D eigenvalue weighted by Crippen LogP contribution is 2.08. The van der Waals surface area contributed by atoms with E-state index in [9.17, 15) is 0 Å². The minimum Gasteiger partial charge on any atom is -0.356 e. The van der Waals surface area contributed by atoms with Crippen molar-refractivity contribution in [2.45, 2.75) is 66.0 Å². The van der Waals surface area contributed by atoms with Gasteiger partial charge in [0.25, 0.3) is 0 Å². The second-order valence-corrected chi connectivity index (χ2v) is 6.50. The number of nitrogens with one attached hydrogen (secondary N) is 2. The molecule has 0 saturated carbocycles. The lowest BCUT2D eigenvalue weighted by Gasteiger charge is -2.18. The van der Waals surface area contributed by atoms with Gasteiger partial charge in [0.2, 0.25) is 0 Å². The SMILES string of the molecule is CN=C(NCCCn1cc(C)cn1)NC(C)CCCC(C)C.I. The molecule has 0 bridgehead atoms. The molecule has 0 radical (unpaired) electrons. The highest BCUT2D eigenvalue weighted by Gasteiger charge is 2.05. The minimum absolute atomic E-state index is 0. The molecule has 5 nitrogen and oxygen atoms in total. The molecule has 1 atom stereocenters. The molecule has 23 heavy (non-hydrogen) atoms. The average Bonchev–Trinajstić information content (AvgIpc) is 2.87. The molecule has 2 N–H and O–H groups in total. The van der Waals surface area contributed by atoms with Crippen molar-refractivity contribution in [1.82, 2.24) is 20.4 Å². The van der Waals surface area contributed by atoms with E-state index < -0.39 is 0 Å². The maximum Gasteiger partial charge on any atom is 0.191 e. The monoisotopic (exact) mass is 435 g/mol. The molecule has 1 heterocycles. The van der Waals surface area contributed by atoms with Gasteiger partial charge in [-0.25, -0.2) is 0 Å². The second kappa shape index (κ2) is 12.6. The summed E-state index contributed by atoms with van der Waals surface area (Å²) in [5, 5.41) is 11.1. The molecule has 0 aromatic carbocycles. The third kappa shape index (κ3) is 10.6. The Morgan fingerprint density at radius 2 is 2.00 bits per heavy atom. The maximum absolute atomic E-state index is 4.29. The van der Waals surface area contributed by atoms with Gasteiger partial charge in [0, 0.05) is 32.4 Å². The summed E-state index contributed by atoms with van der Waals surface area (Å²) in [6.07, 6.45) is 8.74. The molecule has 1 rings (SSSR count). The van der Waals surface area contributed by atoms with Gasteiger partial charge in [-0.05, 0) is 38.2 Å². The summed E-state index contributed by atoms with van der Waals surface area (Å²) in [6, 6.07) is 0.457. The van der Waals surface area contributed by atoms with E-state index in [0.29, 0.717) is 6.04 Å². The molecule has 0 aliphatic carbocycles. The Hall–Kier alpha value is -0.790. The van der Waals surface area contributed by atoms with Gasteiger partial charge in [0.1, 0.15) is 0 Å². The first-order valence-corrected chi connectivity index (χ1v) is 8.47. The number of rotatable bonds is 9. The number of nitrogens with zero attached hydrogens (tertiary/aromatic N) is 3. The fourth-order valence-corrected chi connectivity index (χ4v) is 2.37. The van der Waals surface area contributed by atoms with Gasteiger partial charge < -0.3 is 10.6 Å². The fourth-order valence-electron chi connectivity index (χ4n) is 2.37. The van der Waals surface area contributed by atoms with E-state index in [2.05, 4.69) is 54.6 Å². The van der Waals surface area contributed by atoms with Crippen LogP contribution in [0.4, 0.5) is 0 Å². The number of halogens is 1. The minimum atomic E-state index is 0. The van der Waals surface area contributed by atoms with Crippen molar-refractivity contribution in [1.29, 1.82) is 0 Å². The first kappa shape index (κ1) is 22.2. The Bertz CT molecular complexity index is 442. The number of aromatic nitrogens is 2. The third-order valence-electron chi connectivity index (χ3n) is 3.64. The van der Waals surface area contributed by atoms with Gasteiger partial charge >= 0.3 is 0 Å². The summed E-state index contributed by atoms with van der Waals surface area (Å²) in [4.78, 5) is 4.29. The zero-order valence-corrected chi connectivity index (χ0v) is 17.6. The van der Waals surface area contributed by atoms with Gasteiger partial charge in [-0.3, -0.25) is 9.67 Å². The van der Waals surface area contributed by atoms with Crippen LogP contribution in [0.25, 0.3) is 0 Å². The lowest BCUT2D eigenvalue weighted by Crippen LogP contribution is -2.42. The number of guanidine groups is 1. The summed E-state index contributed by atoms with van der Waals surface area (Å²) < 4.78 is 1.99. The number of hydrogen-bond donors (Lipinski definition) is 2. The van der Waals surface area contributed by atoms with Crippen molar-refractivity contribution in [2.24, 2.45) is 10.9 Å². The van der Waals surface area contributed by atoms with Crippen LogP contribution in [0.1, 0.15) is 52.0 Å². The third-order valence-corrected chi connectivity index (χ3v) is 3.64. The lowest BCUT2D eigenvalue weighted by atomic mass is 10.0. The molecule has 0 fully saturated rings. The summed E-state index contributed by atoms with van der Waals surface area (Å²) >= 11 is 0. The van der Waals surface area contributed by atoms with Crippen molar-refractivity contribution in [3.63, 3.8) is 0 Å². The first-order chi connectivity index (χ1) is 10.5. The van der Waals surface area contributed by atoms with Crippen LogP contribution in [0.5, 0.6) is 0 Å². The topological polar surface area (TPSA) is 54.2 Å². The largest absolute Gasteiger partial charge is 0.356 e. The number of aryl methyl sites for hydroxylation is 2. The highest BCUT2D eigenvalue weighted by atomic mass is 127. The predicted molar refractivity (Wildman–Crippen MR) is 110 cm³/mol. The van der Waals surface area contributed by atoms with Gasteiger partial charge in [-0.15, -0.1) is 24.0 Å². The Labute approximate surface area is 158 Å². The Morgan fingerprint density at radius 1 is 1.26 bits per heavy atom. The number of hydrogen-bond acceptors (Lipinski definition) is 2. The molecule has 1 aromatic heterocycles. The zero-order chi connectivity index (χ0) is 16.4. The van der Waals surface area contributed by atoms with Crippen LogP contribution < -0.4 is 10.6 Å². The molecule has 6 heteroatoms. The van der Waals surface area contributed by atoms with E-state index in [1.165, 1.54) is 24.8 Å². The molecular formula is C17H34IN5. The van der Waals surface area contributed by atoms with Crippen molar-refractivity contribution in [2.75, 3.05) is 13.6 Å². The van der Waals surface area contributed by atoms with Crippen LogP contribution in [0.3, 0.4) is 0 Å². The highest BCUT2D eigenvalue weighted by molar-refractivity contribution is 14.0. The Morgan fingerprint density at radius 3 is 2.57 bits per heavy atom. The van der Waals surface area contributed by atoms with Crippen molar-refractivity contribution in [3.8, 4) is 0 Å². The van der Waals surface area contributed by atoms with Crippen LogP contribution in [0.2, 0.25) is 0 Å². The molecule has 0 aliphatic heterocycles. The van der Waals surface area contributed by atoms with Gasteiger partial charge in [-0.2, -0.15) is 5.10 Å². The normalized spacial score (nSPS) is 12.9. The average molecular weight is 435 g/mol.